The minimum absolute atomic E-state index is 0.0116. The van der Waals surface area contributed by atoms with E-state index in [9.17, 15) is 22.8 Å². The summed E-state index contributed by atoms with van der Waals surface area (Å²) >= 11 is 0. The number of ether oxygens (including phenoxy) is 1. The summed E-state index contributed by atoms with van der Waals surface area (Å²) in [6.45, 7) is 4.23. The number of carboxylic acids is 1. The van der Waals surface area contributed by atoms with E-state index in [0.717, 1.165) is 0 Å². The third kappa shape index (κ3) is 3.91. The molecule has 0 saturated heterocycles. The first-order valence-electron chi connectivity index (χ1n) is 8.47. The van der Waals surface area contributed by atoms with Gasteiger partial charge in [-0.25, -0.2) is 14.8 Å². The number of rotatable bonds is 4. The van der Waals surface area contributed by atoms with Gasteiger partial charge in [0.25, 0.3) is 5.56 Å². The molecular formula is C19H16F3N3O4. The lowest BCUT2D eigenvalue weighted by molar-refractivity contribution is -0.142. The van der Waals surface area contributed by atoms with Crippen molar-refractivity contribution in [3.05, 3.63) is 62.8 Å². The van der Waals surface area contributed by atoms with Crippen molar-refractivity contribution in [2.75, 3.05) is 0 Å². The molecule has 0 radical (unpaired) electrons. The van der Waals surface area contributed by atoms with Gasteiger partial charge < -0.3 is 14.8 Å². The van der Waals surface area contributed by atoms with Crippen LogP contribution < -0.4 is 10.3 Å². The van der Waals surface area contributed by atoms with Crippen LogP contribution in [0.2, 0.25) is 0 Å². The number of carboxylic acid groups (broad SMARTS) is 1. The number of alkyl halides is 3. The predicted molar refractivity (Wildman–Crippen MR) is 97.1 cm³/mol. The van der Waals surface area contributed by atoms with E-state index >= 15 is 0 Å². The highest BCUT2D eigenvalue weighted by atomic mass is 19.4. The van der Waals surface area contributed by atoms with Crippen LogP contribution in [0.15, 0.2) is 29.1 Å². The molecule has 3 aromatic rings. The molecule has 0 amide bonds. The van der Waals surface area contributed by atoms with E-state index < -0.39 is 29.5 Å². The molecule has 2 N–H and O–H groups in total. The number of aryl methyl sites for hydroxylation is 2. The molecule has 29 heavy (non-hydrogen) atoms. The summed E-state index contributed by atoms with van der Waals surface area (Å²) in [6.07, 6.45) is -5.92. The molecular weight excluding hydrogens is 391 g/mol. The molecule has 7 nitrogen and oxygen atoms in total. The Hall–Kier alpha value is -3.43. The van der Waals surface area contributed by atoms with Gasteiger partial charge >= 0.3 is 12.1 Å². The molecule has 2 aromatic heterocycles. The number of aromatic carboxylic acids is 1. The third-order valence-electron chi connectivity index (χ3n) is 4.36. The first-order valence-corrected chi connectivity index (χ1v) is 8.47. The van der Waals surface area contributed by atoms with Crippen molar-refractivity contribution in [3.63, 3.8) is 0 Å². The fraction of sp³-hybridized carbons (Fsp3) is 0.263. The smallest absolute Gasteiger partial charge is 0.433 e. The summed E-state index contributed by atoms with van der Waals surface area (Å²) in [4.78, 5) is 33.2. The zero-order chi connectivity index (χ0) is 21.5. The largest absolute Gasteiger partial charge is 0.486 e. The van der Waals surface area contributed by atoms with E-state index in [1.54, 1.807) is 0 Å². The van der Waals surface area contributed by atoms with Crippen LogP contribution in [0.1, 0.15) is 46.0 Å². The Morgan fingerprint density at radius 2 is 1.79 bits per heavy atom. The number of hydrogen-bond acceptors (Lipinski definition) is 5. The molecule has 1 aromatic carbocycles. The van der Waals surface area contributed by atoms with Gasteiger partial charge in [-0.2, -0.15) is 13.2 Å². The number of aromatic amines is 1. The average molecular weight is 407 g/mol. The summed E-state index contributed by atoms with van der Waals surface area (Å²) in [5, 5.41) is 8.89. The van der Waals surface area contributed by atoms with Crippen LogP contribution in [-0.2, 0) is 6.18 Å². The van der Waals surface area contributed by atoms with Crippen molar-refractivity contribution < 1.29 is 27.8 Å². The van der Waals surface area contributed by atoms with Crippen LogP contribution in [0.25, 0.3) is 11.0 Å². The fourth-order valence-electron chi connectivity index (χ4n) is 3.12. The minimum Gasteiger partial charge on any atom is -0.486 e. The SMILES string of the molecule is Cc1nc2nc(C(F)(F)F)c(C(C)Oc3ccc(C(=O)O)cc3)c(C)c2c(=O)[nH]1. The number of nitrogens with one attached hydrogen (secondary N) is 1. The molecule has 3 rings (SSSR count). The molecule has 0 saturated carbocycles. The highest BCUT2D eigenvalue weighted by Crippen LogP contribution is 2.38. The molecule has 0 fully saturated rings. The van der Waals surface area contributed by atoms with Gasteiger partial charge in [0.1, 0.15) is 17.7 Å². The Labute approximate surface area is 162 Å². The van der Waals surface area contributed by atoms with Crippen molar-refractivity contribution in [2.24, 2.45) is 0 Å². The maximum Gasteiger partial charge on any atom is 0.433 e. The number of halogens is 3. The Balaban J connectivity index is 2.14. The number of nitrogens with zero attached hydrogens (tertiary/aromatic N) is 2. The predicted octanol–water partition coefficient (Wildman–Crippen LogP) is 3.79. The molecule has 0 spiro atoms. The van der Waals surface area contributed by atoms with Gasteiger partial charge in [0.2, 0.25) is 0 Å². The van der Waals surface area contributed by atoms with Crippen molar-refractivity contribution in [1.82, 2.24) is 15.0 Å². The topological polar surface area (TPSA) is 105 Å². The second-order valence-electron chi connectivity index (χ2n) is 6.44. The maximum atomic E-state index is 13.7. The van der Waals surface area contributed by atoms with E-state index in [2.05, 4.69) is 15.0 Å². The highest BCUT2D eigenvalue weighted by Gasteiger charge is 2.39. The van der Waals surface area contributed by atoms with E-state index in [4.69, 9.17) is 9.84 Å². The molecule has 2 heterocycles. The molecule has 0 aliphatic carbocycles. The average Bonchev–Trinajstić information content (AvgIpc) is 2.60. The van der Waals surface area contributed by atoms with E-state index in [0.29, 0.717) is 0 Å². The molecule has 1 atom stereocenters. The van der Waals surface area contributed by atoms with Crippen molar-refractivity contribution in [3.8, 4) is 5.75 Å². The Kier molecular flexibility index (Phi) is 5.04. The van der Waals surface area contributed by atoms with Crippen LogP contribution in [-0.4, -0.2) is 26.0 Å². The van der Waals surface area contributed by atoms with Gasteiger partial charge in [0, 0.05) is 5.56 Å². The van der Waals surface area contributed by atoms with E-state index in [-0.39, 0.29) is 39.3 Å². The second kappa shape index (κ2) is 7.19. The van der Waals surface area contributed by atoms with Crippen LogP contribution in [0, 0.1) is 13.8 Å². The van der Waals surface area contributed by atoms with Crippen molar-refractivity contribution >= 4 is 17.0 Å². The van der Waals surface area contributed by atoms with Gasteiger partial charge in [-0.3, -0.25) is 4.79 Å². The number of fused-ring (bicyclic) bond motifs is 1. The lowest BCUT2D eigenvalue weighted by atomic mass is 9.99. The Bertz CT molecular complexity index is 1150. The normalized spacial score (nSPS) is 12.8. The summed E-state index contributed by atoms with van der Waals surface area (Å²) < 4.78 is 46.7. The Morgan fingerprint density at radius 3 is 2.34 bits per heavy atom. The number of H-pyrrole nitrogens is 1. The number of carbonyl (C=O) groups is 1. The first-order chi connectivity index (χ1) is 13.5. The maximum absolute atomic E-state index is 13.7. The van der Waals surface area contributed by atoms with E-state index in [1.165, 1.54) is 45.0 Å². The van der Waals surface area contributed by atoms with Crippen LogP contribution >= 0.6 is 0 Å². The summed E-state index contributed by atoms with van der Waals surface area (Å²) in [5.41, 5.74) is -2.29. The number of pyridine rings is 1. The van der Waals surface area contributed by atoms with Gasteiger partial charge in [-0.15, -0.1) is 0 Å². The second-order valence-corrected chi connectivity index (χ2v) is 6.44. The monoisotopic (exact) mass is 407 g/mol. The standard InChI is InChI=1S/C19H16F3N3O4/c1-8-13(9(2)29-12-6-4-11(5-7-12)18(27)28)15(19(20,21)22)25-16-14(8)17(26)24-10(3)23-16/h4-7,9H,1-3H3,(H,27,28)(H,23,24,25,26). The zero-order valence-corrected chi connectivity index (χ0v) is 15.6. The fourth-order valence-corrected chi connectivity index (χ4v) is 3.12. The summed E-state index contributed by atoms with van der Waals surface area (Å²) in [7, 11) is 0. The van der Waals surface area contributed by atoms with E-state index in [1.807, 2.05) is 0 Å². The summed E-state index contributed by atoms with van der Waals surface area (Å²) in [5.74, 6) is -0.815. The number of hydrogen-bond donors (Lipinski definition) is 2. The van der Waals surface area contributed by atoms with Crippen LogP contribution in [0.3, 0.4) is 0 Å². The quantitative estimate of drug-likeness (QED) is 0.682. The molecule has 10 heteroatoms. The van der Waals surface area contributed by atoms with Gasteiger partial charge in [-0.05, 0) is 50.6 Å². The van der Waals surface area contributed by atoms with Crippen LogP contribution in [0.5, 0.6) is 5.75 Å². The molecule has 1 unspecified atom stereocenters. The van der Waals surface area contributed by atoms with Crippen molar-refractivity contribution in [2.45, 2.75) is 33.1 Å². The van der Waals surface area contributed by atoms with Gasteiger partial charge in [0.05, 0.1) is 10.9 Å². The van der Waals surface area contributed by atoms with Gasteiger partial charge in [0.15, 0.2) is 11.3 Å². The lowest BCUT2D eigenvalue weighted by Crippen LogP contribution is -2.21. The van der Waals surface area contributed by atoms with Gasteiger partial charge in [-0.1, -0.05) is 0 Å². The third-order valence-corrected chi connectivity index (χ3v) is 4.36. The summed E-state index contributed by atoms with van der Waals surface area (Å²) in [6, 6.07) is 5.24. The zero-order valence-electron chi connectivity index (χ0n) is 15.6. The van der Waals surface area contributed by atoms with Crippen molar-refractivity contribution in [1.29, 1.82) is 0 Å². The molecule has 152 valence electrons. The minimum atomic E-state index is -4.79. The first kappa shape index (κ1) is 20.3. The van der Waals surface area contributed by atoms with Crippen LogP contribution in [0.4, 0.5) is 13.2 Å². The lowest BCUT2D eigenvalue weighted by Gasteiger charge is -2.22. The molecule has 0 aliphatic rings. The number of benzene rings is 1. The molecule has 0 aliphatic heterocycles. The highest BCUT2D eigenvalue weighted by molar-refractivity contribution is 5.87. The Morgan fingerprint density at radius 1 is 1.17 bits per heavy atom. The molecule has 0 bridgehead atoms. The number of aromatic nitrogens is 3.